The largest absolute Gasteiger partial charge is 0.507 e. The van der Waals surface area contributed by atoms with Crippen molar-refractivity contribution in [3.8, 4) is 17.2 Å². The quantitative estimate of drug-likeness (QED) is 0.137. The van der Waals surface area contributed by atoms with Gasteiger partial charge in [-0.25, -0.2) is 9.59 Å². The van der Waals surface area contributed by atoms with E-state index in [1.54, 1.807) is 67.6 Å². The topological polar surface area (TPSA) is 163 Å². The van der Waals surface area contributed by atoms with Gasteiger partial charge in [0, 0.05) is 49.5 Å². The number of benzene rings is 3. The van der Waals surface area contributed by atoms with Gasteiger partial charge in [0.05, 0.1) is 13.2 Å². The summed E-state index contributed by atoms with van der Waals surface area (Å²) in [5.74, 6) is -2.11. The Hall–Kier alpha value is -5.32. The number of phenolic OH excluding ortho intramolecular Hbond substituents is 2. The number of ether oxygens (including phenoxy) is 2. The summed E-state index contributed by atoms with van der Waals surface area (Å²) in [7, 11) is 1.53. The smallest absolute Gasteiger partial charge is 0.342 e. The highest BCUT2D eigenvalue weighted by Gasteiger charge is 2.31. The first-order valence-electron chi connectivity index (χ1n) is 16.1. The number of nitrogens with one attached hydrogen (secondary N) is 3. The van der Waals surface area contributed by atoms with Gasteiger partial charge in [-0.15, -0.1) is 0 Å². The Morgan fingerprint density at radius 3 is 2.42 bits per heavy atom. The number of cyclic esters (lactones) is 1. The molecule has 0 saturated heterocycles. The summed E-state index contributed by atoms with van der Waals surface area (Å²) in [4.78, 5) is 51.2. The molecule has 0 spiro atoms. The zero-order valence-corrected chi connectivity index (χ0v) is 27.3. The van der Waals surface area contributed by atoms with Crippen molar-refractivity contribution in [2.24, 2.45) is 0 Å². The lowest BCUT2D eigenvalue weighted by molar-refractivity contribution is -0.121. The molecule has 0 bridgehead atoms. The molecule has 11 nitrogen and oxygen atoms in total. The van der Waals surface area contributed by atoms with Gasteiger partial charge in [-0.3, -0.25) is 9.59 Å². The number of methoxy groups -OCH3 is 1. The molecule has 3 aromatic rings. The van der Waals surface area contributed by atoms with Gasteiger partial charge in [-0.05, 0) is 74.1 Å². The molecule has 1 unspecified atom stereocenters. The number of rotatable bonds is 9. The third-order valence-electron chi connectivity index (χ3n) is 8.07. The van der Waals surface area contributed by atoms with Gasteiger partial charge in [0.25, 0.3) is 0 Å². The summed E-state index contributed by atoms with van der Waals surface area (Å²) in [6.45, 7) is 2.00. The second-order valence-corrected chi connectivity index (χ2v) is 11.7. The highest BCUT2D eigenvalue weighted by Crippen LogP contribution is 2.44. The van der Waals surface area contributed by atoms with Crippen LogP contribution in [0.3, 0.4) is 0 Å². The lowest BCUT2D eigenvalue weighted by Gasteiger charge is -2.23. The number of carbonyl (C=O) groups is 4. The predicted molar refractivity (Wildman–Crippen MR) is 182 cm³/mol. The number of fused-ring (bicyclic) bond motifs is 1. The zero-order valence-electron chi connectivity index (χ0n) is 27.3. The second kappa shape index (κ2) is 17.6. The number of Topliss-reactive ketones (excluding diaryl/α,β-unsaturated/α-hetero) is 1. The van der Waals surface area contributed by atoms with E-state index in [9.17, 15) is 29.4 Å². The summed E-state index contributed by atoms with van der Waals surface area (Å²) in [5, 5.41) is 31.2. The Balaban J connectivity index is 1.59. The average molecular weight is 658 g/mol. The maximum Gasteiger partial charge on any atom is 0.342 e. The molecule has 0 aromatic heterocycles. The van der Waals surface area contributed by atoms with Crippen LogP contribution in [0, 0.1) is 0 Å². The van der Waals surface area contributed by atoms with E-state index in [1.165, 1.54) is 13.2 Å². The van der Waals surface area contributed by atoms with Crippen LogP contribution in [0.15, 0.2) is 66.7 Å². The number of hydrogen-bond donors (Lipinski definition) is 5. The number of ketones is 1. The molecule has 1 aliphatic heterocycles. The maximum atomic E-state index is 13.5. The van der Waals surface area contributed by atoms with Gasteiger partial charge >= 0.3 is 12.0 Å². The van der Waals surface area contributed by atoms with Crippen LogP contribution in [0.5, 0.6) is 17.2 Å². The molecule has 0 saturated carbocycles. The van der Waals surface area contributed by atoms with Gasteiger partial charge in [0.15, 0.2) is 0 Å². The van der Waals surface area contributed by atoms with Crippen molar-refractivity contribution >= 4 is 35.5 Å². The molecule has 3 amide bonds. The summed E-state index contributed by atoms with van der Waals surface area (Å²) in [5.41, 5.74) is 1.35. The summed E-state index contributed by atoms with van der Waals surface area (Å²) in [6, 6.07) is 16.7. The van der Waals surface area contributed by atoms with E-state index in [0.29, 0.717) is 55.5 Å². The third-order valence-corrected chi connectivity index (χ3v) is 8.07. The van der Waals surface area contributed by atoms with Crippen molar-refractivity contribution < 1.29 is 38.9 Å². The molecule has 3 aromatic carbocycles. The standard InChI is InChI=1S/C37H43N3O8/c1-24-10-9-15-28(41)14-8-3-5-11-26-22-31(42)34(35(44)33(26)36(45)48-24)30(25-16-18-29(47-2)19-17-25)23-32(43)38-20-21-39-37(46)40-27-12-6-4-7-13-27/h4-7,11-13,16-19,22,24,30,42,44H,3,8-10,14-15,20-21,23H2,1-2H3,(H,38,43)(H2,39,40,46)/b11-5+/t24-,30?/m0/s1. The molecule has 0 aliphatic carbocycles. The number of carbonyl (C=O) groups excluding carboxylic acids is 4. The molecule has 2 atom stereocenters. The molecule has 4 rings (SSSR count). The number of allylic oxidation sites excluding steroid dienone is 1. The van der Waals surface area contributed by atoms with Crippen LogP contribution >= 0.6 is 0 Å². The van der Waals surface area contributed by atoms with Crippen molar-refractivity contribution in [3.05, 3.63) is 89.0 Å². The zero-order chi connectivity index (χ0) is 34.5. The Morgan fingerprint density at radius 2 is 1.69 bits per heavy atom. The Kier molecular flexibility index (Phi) is 13.0. The predicted octanol–water partition coefficient (Wildman–Crippen LogP) is 6.05. The van der Waals surface area contributed by atoms with Crippen LogP contribution in [-0.4, -0.2) is 60.2 Å². The first-order chi connectivity index (χ1) is 23.2. The maximum absolute atomic E-state index is 13.5. The van der Waals surface area contributed by atoms with Crippen molar-refractivity contribution in [1.82, 2.24) is 10.6 Å². The molecule has 1 heterocycles. The number of esters is 1. The van der Waals surface area contributed by atoms with Crippen LogP contribution in [0.4, 0.5) is 10.5 Å². The van der Waals surface area contributed by atoms with Gasteiger partial charge < -0.3 is 35.6 Å². The number of urea groups is 1. The summed E-state index contributed by atoms with van der Waals surface area (Å²) < 4.78 is 11.0. The van der Waals surface area contributed by atoms with Gasteiger partial charge in [-0.2, -0.15) is 0 Å². The Labute approximate surface area is 280 Å². The molecule has 1 aliphatic rings. The Morgan fingerprint density at radius 1 is 0.979 bits per heavy atom. The van der Waals surface area contributed by atoms with Gasteiger partial charge in [0.2, 0.25) is 5.91 Å². The molecule has 48 heavy (non-hydrogen) atoms. The minimum absolute atomic E-state index is 0.000790. The minimum atomic E-state index is -0.871. The van der Waals surface area contributed by atoms with Crippen molar-refractivity contribution in [1.29, 1.82) is 0 Å². The fourth-order valence-corrected chi connectivity index (χ4v) is 5.57. The lowest BCUT2D eigenvalue weighted by atomic mass is 9.84. The molecule has 0 fully saturated rings. The SMILES string of the molecule is COc1ccc(C(CC(=O)NCCNC(=O)Nc2ccccc2)c2c(O)cc3c(c2O)C(=O)O[C@@H](C)CCCC(=O)CCC/C=C/3)cc1. The number of hydrogen-bond acceptors (Lipinski definition) is 8. The minimum Gasteiger partial charge on any atom is -0.507 e. The third kappa shape index (κ3) is 10.1. The molecule has 5 N–H and O–H groups in total. The highest BCUT2D eigenvalue weighted by molar-refractivity contribution is 5.98. The van der Waals surface area contributed by atoms with Gasteiger partial charge in [0.1, 0.15) is 28.6 Å². The van der Waals surface area contributed by atoms with Crippen LogP contribution in [-0.2, 0) is 14.3 Å². The molecular formula is C37H43N3O8. The average Bonchev–Trinajstić information content (AvgIpc) is 3.06. The Bertz CT molecular complexity index is 1610. The van der Waals surface area contributed by atoms with E-state index >= 15 is 0 Å². The van der Waals surface area contributed by atoms with E-state index in [1.807, 2.05) is 6.07 Å². The van der Waals surface area contributed by atoms with E-state index in [0.717, 1.165) is 0 Å². The molecule has 0 radical (unpaired) electrons. The monoisotopic (exact) mass is 657 g/mol. The van der Waals surface area contributed by atoms with Crippen molar-refractivity contribution in [2.75, 3.05) is 25.5 Å². The fraction of sp³-hybridized carbons (Fsp3) is 0.351. The van der Waals surface area contributed by atoms with Crippen LogP contribution < -0.4 is 20.7 Å². The van der Waals surface area contributed by atoms with E-state index in [-0.39, 0.29) is 47.7 Å². The number of anilines is 1. The lowest BCUT2D eigenvalue weighted by Crippen LogP contribution is -2.37. The molecule has 11 heteroatoms. The van der Waals surface area contributed by atoms with E-state index < -0.39 is 35.7 Å². The number of amides is 3. The number of aromatic hydroxyl groups is 2. The van der Waals surface area contributed by atoms with Crippen LogP contribution in [0.25, 0.3) is 6.08 Å². The van der Waals surface area contributed by atoms with Crippen molar-refractivity contribution in [2.45, 2.75) is 63.9 Å². The van der Waals surface area contributed by atoms with E-state index in [4.69, 9.17) is 9.47 Å². The normalized spacial score (nSPS) is 16.8. The summed E-state index contributed by atoms with van der Waals surface area (Å²) in [6.07, 6.45) is 5.81. The van der Waals surface area contributed by atoms with Crippen molar-refractivity contribution in [3.63, 3.8) is 0 Å². The summed E-state index contributed by atoms with van der Waals surface area (Å²) >= 11 is 0. The van der Waals surface area contributed by atoms with Crippen LogP contribution in [0.2, 0.25) is 0 Å². The highest BCUT2D eigenvalue weighted by atomic mass is 16.5. The first kappa shape index (κ1) is 35.5. The van der Waals surface area contributed by atoms with E-state index in [2.05, 4.69) is 16.0 Å². The van der Waals surface area contributed by atoms with Gasteiger partial charge in [-0.1, -0.05) is 42.5 Å². The fourth-order valence-electron chi connectivity index (χ4n) is 5.57. The van der Waals surface area contributed by atoms with Crippen LogP contribution in [0.1, 0.15) is 84.8 Å². The molecule has 254 valence electrons. The second-order valence-electron chi connectivity index (χ2n) is 11.7. The first-order valence-corrected chi connectivity index (χ1v) is 16.1. The number of para-hydroxylation sites is 1. The number of phenols is 2. The molecular weight excluding hydrogens is 614 g/mol.